The summed E-state index contributed by atoms with van der Waals surface area (Å²) in [5.74, 6) is 0.459. The Morgan fingerprint density at radius 2 is 2.18 bits per heavy atom. The number of rotatable bonds is 2. The summed E-state index contributed by atoms with van der Waals surface area (Å²) < 4.78 is 0.864. The van der Waals surface area contributed by atoms with E-state index in [4.69, 9.17) is 17.3 Å². The second-order valence-corrected chi connectivity index (χ2v) is 6.33. The van der Waals surface area contributed by atoms with Gasteiger partial charge >= 0.3 is 0 Å². The first-order valence-corrected chi connectivity index (χ1v) is 6.95. The maximum absolute atomic E-state index is 6.35. The second kappa shape index (κ2) is 4.13. The lowest BCUT2D eigenvalue weighted by Gasteiger charge is -2.34. The van der Waals surface area contributed by atoms with Crippen molar-refractivity contribution in [2.75, 3.05) is 0 Å². The van der Waals surface area contributed by atoms with Gasteiger partial charge < -0.3 is 5.73 Å². The van der Waals surface area contributed by atoms with Gasteiger partial charge in [0.15, 0.2) is 0 Å². The van der Waals surface area contributed by atoms with Crippen LogP contribution < -0.4 is 5.73 Å². The maximum Gasteiger partial charge on any atom is 0.0960 e. The van der Waals surface area contributed by atoms with Gasteiger partial charge in [0.25, 0.3) is 0 Å². The monoisotopic (exact) mass is 263 g/mol. The summed E-state index contributed by atoms with van der Waals surface area (Å²) >= 11 is 7.72. The molecule has 1 aromatic carbocycles. The Labute approximate surface area is 110 Å². The van der Waals surface area contributed by atoms with Gasteiger partial charge in [0.1, 0.15) is 0 Å². The average molecular weight is 264 g/mol. The van der Waals surface area contributed by atoms with Crippen molar-refractivity contribution in [2.45, 2.75) is 25.3 Å². The largest absolute Gasteiger partial charge is 0.323 e. The topological polar surface area (TPSA) is 26.0 Å². The molecule has 2 N–H and O–H groups in total. The highest BCUT2D eigenvalue weighted by atomic mass is 35.5. The van der Waals surface area contributed by atoms with E-state index in [-0.39, 0.29) is 6.04 Å². The van der Waals surface area contributed by atoms with Crippen molar-refractivity contribution in [1.82, 2.24) is 0 Å². The molecule has 0 aliphatic heterocycles. The van der Waals surface area contributed by atoms with Gasteiger partial charge in [-0.15, -0.1) is 11.3 Å². The molecule has 0 amide bonds. The fourth-order valence-corrected chi connectivity index (χ4v) is 3.75. The predicted octanol–water partition coefficient (Wildman–Crippen LogP) is 4.05. The van der Waals surface area contributed by atoms with E-state index < -0.39 is 0 Å². The van der Waals surface area contributed by atoms with E-state index in [0.717, 1.165) is 16.3 Å². The van der Waals surface area contributed by atoms with Gasteiger partial charge in [-0.05, 0) is 36.1 Å². The Morgan fingerprint density at radius 1 is 1.41 bits per heavy atom. The molecule has 88 valence electrons. The van der Waals surface area contributed by atoms with Crippen molar-refractivity contribution in [3.8, 4) is 0 Å². The van der Waals surface area contributed by atoms with Crippen LogP contribution in [0.4, 0.5) is 0 Å². The summed E-state index contributed by atoms with van der Waals surface area (Å²) in [4.78, 5) is 1.20. The summed E-state index contributed by atoms with van der Waals surface area (Å²) in [6, 6.07) is 10.8. The molecule has 0 radical (unpaired) electrons. The molecule has 17 heavy (non-hydrogen) atoms. The fraction of sp³-hybridized carbons (Fsp3) is 0.286. The third kappa shape index (κ3) is 1.81. The number of fused-ring (bicyclic) bond motifs is 1. The molecular formula is C14H14ClNS. The van der Waals surface area contributed by atoms with E-state index in [1.165, 1.54) is 16.0 Å². The minimum atomic E-state index is 0.0844. The predicted molar refractivity (Wildman–Crippen MR) is 73.9 cm³/mol. The number of hydrogen-bond acceptors (Lipinski definition) is 2. The molecule has 0 saturated carbocycles. The highest BCUT2D eigenvalue weighted by molar-refractivity contribution is 7.16. The molecule has 1 aromatic heterocycles. The number of thiophene rings is 1. The number of halogens is 1. The van der Waals surface area contributed by atoms with Gasteiger partial charge in [0.05, 0.1) is 4.34 Å². The SMILES string of the molecule is Cc1cc(C(N)C2Cc3ccccc32)sc1Cl. The lowest BCUT2D eigenvalue weighted by Crippen LogP contribution is -2.28. The van der Waals surface area contributed by atoms with Crippen LogP contribution in [-0.4, -0.2) is 0 Å². The van der Waals surface area contributed by atoms with Crippen LogP contribution in [0.2, 0.25) is 4.34 Å². The molecule has 1 nitrogen and oxygen atoms in total. The lowest BCUT2D eigenvalue weighted by molar-refractivity contribution is 0.506. The molecule has 0 saturated heterocycles. The molecule has 2 aromatic rings. The molecule has 0 fully saturated rings. The lowest BCUT2D eigenvalue weighted by atomic mass is 9.73. The van der Waals surface area contributed by atoms with Crippen LogP contribution in [0.25, 0.3) is 0 Å². The van der Waals surface area contributed by atoms with Crippen LogP contribution in [0.1, 0.15) is 33.5 Å². The van der Waals surface area contributed by atoms with Crippen LogP contribution in [0.3, 0.4) is 0 Å². The van der Waals surface area contributed by atoms with Gasteiger partial charge in [-0.2, -0.15) is 0 Å². The molecule has 3 heteroatoms. The smallest absolute Gasteiger partial charge is 0.0960 e. The Morgan fingerprint density at radius 3 is 2.82 bits per heavy atom. The molecular weight excluding hydrogens is 250 g/mol. The molecule has 1 heterocycles. The zero-order valence-electron chi connectivity index (χ0n) is 9.61. The van der Waals surface area contributed by atoms with E-state index in [1.807, 2.05) is 6.92 Å². The zero-order chi connectivity index (χ0) is 12.0. The van der Waals surface area contributed by atoms with E-state index in [0.29, 0.717) is 5.92 Å². The minimum Gasteiger partial charge on any atom is -0.323 e. The first kappa shape index (κ1) is 11.3. The van der Waals surface area contributed by atoms with Crippen molar-refractivity contribution in [2.24, 2.45) is 5.73 Å². The molecule has 3 rings (SSSR count). The van der Waals surface area contributed by atoms with Gasteiger partial charge in [0, 0.05) is 16.8 Å². The van der Waals surface area contributed by atoms with Crippen LogP contribution in [-0.2, 0) is 6.42 Å². The first-order valence-electron chi connectivity index (χ1n) is 5.76. The highest BCUT2D eigenvalue weighted by Gasteiger charge is 2.32. The van der Waals surface area contributed by atoms with E-state index in [1.54, 1.807) is 11.3 Å². The number of aryl methyl sites for hydroxylation is 1. The Bertz CT molecular complexity index is 542. The fourth-order valence-electron chi connectivity index (χ4n) is 2.46. The van der Waals surface area contributed by atoms with E-state index in [2.05, 4.69) is 30.3 Å². The van der Waals surface area contributed by atoms with Gasteiger partial charge in [-0.3, -0.25) is 0 Å². The van der Waals surface area contributed by atoms with Gasteiger partial charge in [0.2, 0.25) is 0 Å². The maximum atomic E-state index is 6.35. The standard InChI is InChI=1S/C14H14ClNS/c1-8-6-12(17-14(8)15)13(16)11-7-9-4-2-3-5-10(9)11/h2-6,11,13H,7,16H2,1H3. The van der Waals surface area contributed by atoms with Gasteiger partial charge in [-0.1, -0.05) is 35.9 Å². The van der Waals surface area contributed by atoms with Crippen molar-refractivity contribution in [3.05, 3.63) is 56.2 Å². The molecule has 0 bridgehead atoms. The molecule has 1 aliphatic rings. The zero-order valence-corrected chi connectivity index (χ0v) is 11.2. The number of nitrogens with two attached hydrogens (primary N) is 1. The minimum absolute atomic E-state index is 0.0844. The third-order valence-corrected chi connectivity index (χ3v) is 5.19. The number of hydrogen-bond donors (Lipinski definition) is 1. The van der Waals surface area contributed by atoms with Crippen molar-refractivity contribution in [1.29, 1.82) is 0 Å². The van der Waals surface area contributed by atoms with Crippen molar-refractivity contribution < 1.29 is 0 Å². The second-order valence-electron chi connectivity index (χ2n) is 4.64. The first-order chi connectivity index (χ1) is 8.16. The third-order valence-electron chi connectivity index (χ3n) is 3.53. The van der Waals surface area contributed by atoms with Crippen molar-refractivity contribution >= 4 is 22.9 Å². The highest BCUT2D eigenvalue weighted by Crippen LogP contribution is 2.44. The van der Waals surface area contributed by atoms with E-state index >= 15 is 0 Å². The number of benzene rings is 1. The Kier molecular flexibility index (Phi) is 2.74. The molecule has 2 atom stereocenters. The summed E-state index contributed by atoms with van der Waals surface area (Å²) in [6.07, 6.45) is 1.09. The van der Waals surface area contributed by atoms with Gasteiger partial charge in [-0.25, -0.2) is 0 Å². The summed E-state index contributed by atoms with van der Waals surface area (Å²) in [6.45, 7) is 2.03. The van der Waals surface area contributed by atoms with Crippen LogP contribution >= 0.6 is 22.9 Å². The van der Waals surface area contributed by atoms with E-state index in [9.17, 15) is 0 Å². The Balaban J connectivity index is 1.88. The summed E-state index contributed by atoms with van der Waals surface area (Å²) in [5, 5.41) is 0. The normalized spacial score (nSPS) is 19.6. The molecule has 2 unspecified atom stereocenters. The molecule has 1 aliphatic carbocycles. The van der Waals surface area contributed by atoms with Crippen LogP contribution in [0.15, 0.2) is 30.3 Å². The van der Waals surface area contributed by atoms with Crippen molar-refractivity contribution in [3.63, 3.8) is 0 Å². The summed E-state index contributed by atoms with van der Waals surface area (Å²) in [5.41, 5.74) is 10.3. The quantitative estimate of drug-likeness (QED) is 0.869. The van der Waals surface area contributed by atoms with Crippen LogP contribution in [0, 0.1) is 6.92 Å². The summed E-state index contributed by atoms with van der Waals surface area (Å²) in [7, 11) is 0. The Hall–Kier alpha value is -0.830. The average Bonchev–Trinajstić information content (AvgIpc) is 2.61. The molecule has 0 spiro atoms. The van der Waals surface area contributed by atoms with Crippen LogP contribution in [0.5, 0.6) is 0 Å².